The summed E-state index contributed by atoms with van der Waals surface area (Å²) < 4.78 is 1.83. The van der Waals surface area contributed by atoms with Gasteiger partial charge in [0.05, 0.1) is 18.1 Å². The molecule has 0 aliphatic heterocycles. The van der Waals surface area contributed by atoms with Crippen LogP contribution in [0.1, 0.15) is 12.6 Å². The molecule has 2 rings (SSSR count). The molecular weight excluding hydrogens is 174 g/mol. The fraction of sp³-hybridized carbons (Fsp3) is 0.250. The molecule has 0 amide bonds. The van der Waals surface area contributed by atoms with Gasteiger partial charge >= 0.3 is 0 Å². The van der Waals surface area contributed by atoms with Gasteiger partial charge in [-0.1, -0.05) is 18.5 Å². The lowest BCUT2D eigenvalue weighted by molar-refractivity contribution is 1.07. The van der Waals surface area contributed by atoms with Crippen molar-refractivity contribution < 1.29 is 0 Å². The zero-order chi connectivity index (χ0) is 8.55. The molecular formula is C8H8ClN3. The van der Waals surface area contributed by atoms with Gasteiger partial charge < -0.3 is 0 Å². The van der Waals surface area contributed by atoms with Gasteiger partial charge in [0.1, 0.15) is 5.15 Å². The Labute approximate surface area is 75.0 Å². The van der Waals surface area contributed by atoms with E-state index >= 15 is 0 Å². The molecule has 4 heteroatoms. The predicted octanol–water partition coefficient (Wildman–Crippen LogP) is 1.95. The molecule has 0 radical (unpaired) electrons. The van der Waals surface area contributed by atoms with E-state index in [-0.39, 0.29) is 0 Å². The minimum atomic E-state index is 0.597. The highest BCUT2D eigenvalue weighted by Crippen LogP contribution is 2.11. The average Bonchev–Trinajstić information content (AvgIpc) is 2.49. The Balaban J connectivity index is 2.74. The average molecular weight is 182 g/mol. The van der Waals surface area contributed by atoms with Crippen molar-refractivity contribution in [3.63, 3.8) is 0 Å². The van der Waals surface area contributed by atoms with Crippen LogP contribution in [0.3, 0.4) is 0 Å². The first kappa shape index (κ1) is 7.55. The second kappa shape index (κ2) is 2.75. The molecule has 3 nitrogen and oxygen atoms in total. The molecule has 2 aromatic rings. The van der Waals surface area contributed by atoms with Crippen LogP contribution in [0.5, 0.6) is 0 Å². The summed E-state index contributed by atoms with van der Waals surface area (Å²) in [5.74, 6) is 0. The van der Waals surface area contributed by atoms with Crippen molar-refractivity contribution in [2.75, 3.05) is 0 Å². The number of rotatable bonds is 1. The summed E-state index contributed by atoms with van der Waals surface area (Å²) in [5, 5.41) is 0.597. The van der Waals surface area contributed by atoms with Crippen LogP contribution in [0, 0.1) is 0 Å². The summed E-state index contributed by atoms with van der Waals surface area (Å²) in [5.41, 5.74) is 1.84. The van der Waals surface area contributed by atoms with E-state index in [1.165, 1.54) is 0 Å². The maximum Gasteiger partial charge on any atom is 0.156 e. The minimum Gasteiger partial charge on any atom is -0.287 e. The highest BCUT2D eigenvalue weighted by Gasteiger charge is 2.01. The van der Waals surface area contributed by atoms with Crippen molar-refractivity contribution >= 4 is 17.2 Å². The predicted molar refractivity (Wildman–Crippen MR) is 47.4 cm³/mol. The summed E-state index contributed by atoms with van der Waals surface area (Å²) in [6.07, 6.45) is 6.15. The lowest BCUT2D eigenvalue weighted by atomic mass is 10.4. The van der Waals surface area contributed by atoms with Crippen LogP contribution >= 0.6 is 11.6 Å². The van der Waals surface area contributed by atoms with E-state index in [1.54, 1.807) is 12.4 Å². The third kappa shape index (κ3) is 1.06. The first-order valence-corrected chi connectivity index (χ1v) is 4.16. The fourth-order valence-corrected chi connectivity index (χ4v) is 1.30. The van der Waals surface area contributed by atoms with Crippen LogP contribution in [0.25, 0.3) is 5.65 Å². The summed E-state index contributed by atoms with van der Waals surface area (Å²) >= 11 is 5.89. The van der Waals surface area contributed by atoms with Gasteiger partial charge in [0, 0.05) is 6.20 Å². The number of aryl methyl sites for hydroxylation is 1. The van der Waals surface area contributed by atoms with Gasteiger partial charge in [0.15, 0.2) is 5.65 Å². The van der Waals surface area contributed by atoms with Crippen LogP contribution in [-0.2, 0) is 6.42 Å². The van der Waals surface area contributed by atoms with Crippen LogP contribution in [-0.4, -0.2) is 14.4 Å². The Morgan fingerprint density at radius 2 is 2.33 bits per heavy atom. The second-order valence-corrected chi connectivity index (χ2v) is 2.93. The lowest BCUT2D eigenvalue weighted by Gasteiger charge is -1.92. The molecule has 0 aliphatic carbocycles. The van der Waals surface area contributed by atoms with E-state index in [4.69, 9.17) is 11.6 Å². The monoisotopic (exact) mass is 181 g/mol. The first-order valence-electron chi connectivity index (χ1n) is 3.78. The maximum absolute atomic E-state index is 5.89. The Kier molecular flexibility index (Phi) is 1.73. The van der Waals surface area contributed by atoms with Gasteiger partial charge in [-0.25, -0.2) is 4.98 Å². The molecule has 62 valence electrons. The normalized spacial score (nSPS) is 10.8. The molecule has 2 heterocycles. The molecule has 0 bridgehead atoms. The molecule has 0 aromatic carbocycles. The zero-order valence-electron chi connectivity index (χ0n) is 6.66. The molecule has 12 heavy (non-hydrogen) atoms. The number of hydrogen-bond donors (Lipinski definition) is 0. The number of aromatic nitrogens is 3. The van der Waals surface area contributed by atoms with Crippen molar-refractivity contribution in [3.05, 3.63) is 29.4 Å². The van der Waals surface area contributed by atoms with Gasteiger partial charge in [-0.3, -0.25) is 9.38 Å². The number of hydrogen-bond acceptors (Lipinski definition) is 2. The van der Waals surface area contributed by atoms with Crippen LogP contribution in [0.15, 0.2) is 18.6 Å². The maximum atomic E-state index is 5.89. The van der Waals surface area contributed by atoms with E-state index in [2.05, 4.69) is 16.9 Å². The summed E-state index contributed by atoms with van der Waals surface area (Å²) in [6, 6.07) is 0. The molecule has 2 aromatic heterocycles. The zero-order valence-corrected chi connectivity index (χ0v) is 7.41. The van der Waals surface area contributed by atoms with Crippen molar-refractivity contribution in [2.24, 2.45) is 0 Å². The largest absolute Gasteiger partial charge is 0.287 e. The number of fused-ring (bicyclic) bond motifs is 1. The SMILES string of the molecule is CCc1cn2c(Cl)cncc2n1. The van der Waals surface area contributed by atoms with Crippen molar-refractivity contribution in [3.8, 4) is 0 Å². The van der Waals surface area contributed by atoms with E-state index in [1.807, 2.05) is 10.6 Å². The number of halogens is 1. The van der Waals surface area contributed by atoms with Crippen LogP contribution in [0.4, 0.5) is 0 Å². The molecule has 0 atom stereocenters. The van der Waals surface area contributed by atoms with Crippen LogP contribution < -0.4 is 0 Å². The van der Waals surface area contributed by atoms with Crippen molar-refractivity contribution in [1.29, 1.82) is 0 Å². The van der Waals surface area contributed by atoms with E-state index in [9.17, 15) is 0 Å². The highest BCUT2D eigenvalue weighted by molar-refractivity contribution is 6.29. The summed E-state index contributed by atoms with van der Waals surface area (Å²) in [6.45, 7) is 2.06. The van der Waals surface area contributed by atoms with Gasteiger partial charge in [0.2, 0.25) is 0 Å². The second-order valence-electron chi connectivity index (χ2n) is 2.54. The number of imidazole rings is 1. The molecule has 0 aliphatic rings. The molecule has 0 saturated carbocycles. The van der Waals surface area contributed by atoms with Gasteiger partial charge in [-0.15, -0.1) is 0 Å². The van der Waals surface area contributed by atoms with E-state index < -0.39 is 0 Å². The molecule has 0 spiro atoms. The minimum absolute atomic E-state index is 0.597. The van der Waals surface area contributed by atoms with Gasteiger partial charge in [-0.05, 0) is 6.42 Å². The quantitative estimate of drug-likeness (QED) is 0.673. The third-order valence-electron chi connectivity index (χ3n) is 1.75. The Bertz CT molecular complexity index is 408. The molecule has 0 saturated heterocycles. The molecule has 0 fully saturated rings. The highest BCUT2D eigenvalue weighted by atomic mass is 35.5. The van der Waals surface area contributed by atoms with E-state index in [0.717, 1.165) is 17.8 Å². The third-order valence-corrected chi connectivity index (χ3v) is 2.03. The summed E-state index contributed by atoms with van der Waals surface area (Å²) in [7, 11) is 0. The molecule has 0 N–H and O–H groups in total. The van der Waals surface area contributed by atoms with Crippen LogP contribution in [0.2, 0.25) is 5.15 Å². The Morgan fingerprint density at radius 3 is 3.00 bits per heavy atom. The topological polar surface area (TPSA) is 30.2 Å². The van der Waals surface area contributed by atoms with Crippen molar-refractivity contribution in [2.45, 2.75) is 13.3 Å². The Hall–Kier alpha value is -1.09. The Morgan fingerprint density at radius 1 is 1.50 bits per heavy atom. The first-order chi connectivity index (χ1) is 5.81. The fourth-order valence-electron chi connectivity index (χ4n) is 1.11. The smallest absolute Gasteiger partial charge is 0.156 e. The lowest BCUT2D eigenvalue weighted by Crippen LogP contribution is -1.85. The summed E-state index contributed by atoms with van der Waals surface area (Å²) in [4.78, 5) is 8.25. The number of nitrogens with zero attached hydrogens (tertiary/aromatic N) is 3. The van der Waals surface area contributed by atoms with E-state index in [0.29, 0.717) is 5.15 Å². The standard InChI is InChI=1S/C8H8ClN3/c1-2-6-5-12-7(9)3-10-4-8(12)11-6/h3-5H,2H2,1H3. The van der Waals surface area contributed by atoms with Gasteiger partial charge in [0.25, 0.3) is 0 Å². The van der Waals surface area contributed by atoms with Crippen molar-refractivity contribution in [1.82, 2.24) is 14.4 Å². The molecule has 0 unspecified atom stereocenters. The van der Waals surface area contributed by atoms with Gasteiger partial charge in [-0.2, -0.15) is 0 Å².